The van der Waals surface area contributed by atoms with Crippen molar-refractivity contribution in [1.29, 1.82) is 0 Å². The topological polar surface area (TPSA) is 89.8 Å². The Kier molecular flexibility index (Phi) is 4.42. The van der Waals surface area contributed by atoms with Crippen LogP contribution in [0.3, 0.4) is 0 Å². The third-order valence-electron chi connectivity index (χ3n) is 3.46. The van der Waals surface area contributed by atoms with Gasteiger partial charge in [-0.25, -0.2) is 4.68 Å². The molecule has 0 aliphatic carbocycles. The van der Waals surface area contributed by atoms with Crippen molar-refractivity contribution in [3.05, 3.63) is 76.6 Å². The molecule has 0 saturated heterocycles. The van der Waals surface area contributed by atoms with Gasteiger partial charge in [0, 0.05) is 43.8 Å². The maximum atomic E-state index is 12.2. The second-order valence-corrected chi connectivity index (χ2v) is 5.12. The van der Waals surface area contributed by atoms with E-state index in [1.54, 1.807) is 18.6 Å². The summed E-state index contributed by atoms with van der Waals surface area (Å²) in [6, 6.07) is 10.2. The number of aryl methyl sites for hydroxylation is 1. The van der Waals surface area contributed by atoms with Crippen LogP contribution in [0.4, 0.5) is 0 Å². The predicted molar refractivity (Wildman–Crippen MR) is 88.1 cm³/mol. The van der Waals surface area contributed by atoms with Crippen LogP contribution < -0.4 is 10.9 Å². The van der Waals surface area contributed by atoms with E-state index in [9.17, 15) is 9.59 Å². The molecule has 1 amide bonds. The van der Waals surface area contributed by atoms with Gasteiger partial charge in [0.25, 0.3) is 11.5 Å². The number of nitrogens with zero attached hydrogens (tertiary/aromatic N) is 4. The molecule has 7 heteroatoms. The number of rotatable bonds is 4. The average Bonchev–Trinajstić information content (AvgIpc) is 2.63. The lowest BCUT2D eigenvalue weighted by atomic mass is 10.1. The lowest BCUT2D eigenvalue weighted by Gasteiger charge is -2.09. The van der Waals surface area contributed by atoms with Crippen LogP contribution in [-0.4, -0.2) is 25.7 Å². The van der Waals surface area contributed by atoms with E-state index in [-0.39, 0.29) is 17.2 Å². The number of hydrogen-bond donors (Lipinski definition) is 1. The van der Waals surface area contributed by atoms with Crippen LogP contribution in [0, 0.1) is 0 Å². The lowest BCUT2D eigenvalue weighted by Crippen LogP contribution is -2.28. The van der Waals surface area contributed by atoms with Gasteiger partial charge in [-0.2, -0.15) is 5.10 Å². The van der Waals surface area contributed by atoms with E-state index in [4.69, 9.17) is 0 Å². The number of carbonyl (C=O) groups is 1. The zero-order valence-electron chi connectivity index (χ0n) is 13.0. The molecule has 3 aromatic rings. The second kappa shape index (κ2) is 6.82. The molecular formula is C17H15N5O2. The van der Waals surface area contributed by atoms with Crippen LogP contribution in [0.1, 0.15) is 16.1 Å². The zero-order chi connectivity index (χ0) is 16.9. The van der Waals surface area contributed by atoms with Crippen LogP contribution in [0.15, 0.2) is 59.8 Å². The van der Waals surface area contributed by atoms with E-state index >= 15 is 0 Å². The van der Waals surface area contributed by atoms with Crippen molar-refractivity contribution in [2.45, 2.75) is 6.54 Å². The van der Waals surface area contributed by atoms with Crippen LogP contribution in [0.5, 0.6) is 0 Å². The van der Waals surface area contributed by atoms with E-state index in [1.165, 1.54) is 19.2 Å². The maximum absolute atomic E-state index is 12.2. The van der Waals surface area contributed by atoms with Crippen LogP contribution in [0.2, 0.25) is 0 Å². The molecule has 0 atom stereocenters. The van der Waals surface area contributed by atoms with Crippen molar-refractivity contribution in [1.82, 2.24) is 25.1 Å². The third-order valence-corrected chi connectivity index (χ3v) is 3.46. The molecule has 1 N–H and O–H groups in total. The minimum Gasteiger partial charge on any atom is -0.346 e. The Morgan fingerprint density at radius 3 is 2.75 bits per heavy atom. The molecule has 7 nitrogen and oxygen atoms in total. The number of pyridine rings is 2. The molecule has 3 rings (SSSR count). The van der Waals surface area contributed by atoms with E-state index in [0.29, 0.717) is 6.54 Å². The standard InChI is InChI=1S/C17H15N5O2/c1-22-15(23)7-6-14(21-22)17(24)20-11-13-5-3-9-19-16(13)12-4-2-8-18-10-12/h2-10H,11H2,1H3,(H,20,24). The van der Waals surface area contributed by atoms with Gasteiger partial charge in [-0.3, -0.25) is 19.6 Å². The van der Waals surface area contributed by atoms with Gasteiger partial charge in [0.05, 0.1) is 5.69 Å². The summed E-state index contributed by atoms with van der Waals surface area (Å²) in [4.78, 5) is 32.0. The Balaban J connectivity index is 1.79. The van der Waals surface area contributed by atoms with Crippen LogP contribution in [-0.2, 0) is 13.6 Å². The van der Waals surface area contributed by atoms with Gasteiger partial charge in [-0.1, -0.05) is 6.07 Å². The Bertz CT molecular complexity index is 922. The first-order chi connectivity index (χ1) is 11.6. The molecule has 3 aromatic heterocycles. The maximum Gasteiger partial charge on any atom is 0.271 e. The molecule has 3 heterocycles. The first kappa shape index (κ1) is 15.5. The van der Waals surface area contributed by atoms with Gasteiger partial charge in [-0.05, 0) is 29.8 Å². The zero-order valence-corrected chi connectivity index (χ0v) is 13.0. The number of carbonyl (C=O) groups excluding carboxylic acids is 1. The molecule has 0 unspecified atom stereocenters. The molecule has 0 fully saturated rings. The molecular weight excluding hydrogens is 306 g/mol. The summed E-state index contributed by atoms with van der Waals surface area (Å²) in [5.74, 6) is -0.355. The van der Waals surface area contributed by atoms with Crippen molar-refractivity contribution in [2.75, 3.05) is 0 Å². The largest absolute Gasteiger partial charge is 0.346 e. The van der Waals surface area contributed by atoms with Crippen molar-refractivity contribution in [3.63, 3.8) is 0 Å². The highest BCUT2D eigenvalue weighted by Gasteiger charge is 2.11. The van der Waals surface area contributed by atoms with E-state index in [2.05, 4.69) is 20.4 Å². The highest BCUT2D eigenvalue weighted by molar-refractivity contribution is 5.92. The summed E-state index contributed by atoms with van der Waals surface area (Å²) < 4.78 is 1.13. The molecule has 0 aliphatic rings. The van der Waals surface area contributed by atoms with Crippen molar-refractivity contribution < 1.29 is 4.79 Å². The summed E-state index contributed by atoms with van der Waals surface area (Å²) >= 11 is 0. The van der Waals surface area contributed by atoms with Gasteiger partial charge in [0.1, 0.15) is 5.69 Å². The highest BCUT2D eigenvalue weighted by Crippen LogP contribution is 2.19. The third kappa shape index (κ3) is 3.35. The molecule has 0 aromatic carbocycles. The SMILES string of the molecule is Cn1nc(C(=O)NCc2cccnc2-c2cccnc2)ccc1=O. The summed E-state index contributed by atoms with van der Waals surface area (Å²) in [5.41, 5.74) is 2.42. The van der Waals surface area contributed by atoms with Crippen LogP contribution in [0.25, 0.3) is 11.3 Å². The van der Waals surface area contributed by atoms with E-state index in [1.807, 2.05) is 24.3 Å². The van der Waals surface area contributed by atoms with Gasteiger partial charge >= 0.3 is 0 Å². The monoisotopic (exact) mass is 321 g/mol. The average molecular weight is 321 g/mol. The lowest BCUT2D eigenvalue weighted by molar-refractivity contribution is 0.0943. The predicted octanol–water partition coefficient (Wildman–Crippen LogP) is 1.17. The summed E-state index contributed by atoms with van der Waals surface area (Å²) in [6.45, 7) is 0.293. The van der Waals surface area contributed by atoms with Crippen LogP contribution >= 0.6 is 0 Å². The molecule has 0 spiro atoms. The van der Waals surface area contributed by atoms with E-state index in [0.717, 1.165) is 21.5 Å². The smallest absolute Gasteiger partial charge is 0.271 e. The van der Waals surface area contributed by atoms with Gasteiger partial charge in [0.15, 0.2) is 0 Å². The Labute approximate surface area is 138 Å². The minimum atomic E-state index is -0.355. The fraction of sp³-hybridized carbons (Fsp3) is 0.118. The molecule has 0 saturated carbocycles. The molecule has 0 radical (unpaired) electrons. The summed E-state index contributed by atoms with van der Waals surface area (Å²) in [6.07, 6.45) is 5.11. The van der Waals surface area contributed by atoms with E-state index < -0.39 is 0 Å². The summed E-state index contributed by atoms with van der Waals surface area (Å²) in [5, 5.41) is 6.73. The fourth-order valence-corrected chi connectivity index (χ4v) is 2.23. The molecule has 0 aliphatic heterocycles. The Morgan fingerprint density at radius 1 is 1.17 bits per heavy atom. The van der Waals surface area contributed by atoms with Gasteiger partial charge < -0.3 is 5.32 Å². The number of nitrogens with one attached hydrogen (secondary N) is 1. The minimum absolute atomic E-state index is 0.184. The molecule has 24 heavy (non-hydrogen) atoms. The number of hydrogen-bond acceptors (Lipinski definition) is 5. The number of aromatic nitrogens is 4. The van der Waals surface area contributed by atoms with Crippen molar-refractivity contribution in [2.24, 2.45) is 7.05 Å². The molecule has 0 bridgehead atoms. The number of amides is 1. The quantitative estimate of drug-likeness (QED) is 0.779. The first-order valence-electron chi connectivity index (χ1n) is 7.32. The van der Waals surface area contributed by atoms with Crippen molar-refractivity contribution >= 4 is 5.91 Å². The van der Waals surface area contributed by atoms with Gasteiger partial charge in [-0.15, -0.1) is 0 Å². The Morgan fingerprint density at radius 2 is 2.00 bits per heavy atom. The second-order valence-electron chi connectivity index (χ2n) is 5.12. The normalized spacial score (nSPS) is 10.4. The van der Waals surface area contributed by atoms with Crippen molar-refractivity contribution in [3.8, 4) is 11.3 Å². The summed E-state index contributed by atoms with van der Waals surface area (Å²) in [7, 11) is 1.50. The first-order valence-corrected chi connectivity index (χ1v) is 7.32. The molecule has 120 valence electrons. The fourth-order valence-electron chi connectivity index (χ4n) is 2.23. The van der Waals surface area contributed by atoms with Gasteiger partial charge in [0.2, 0.25) is 0 Å². The highest BCUT2D eigenvalue weighted by atomic mass is 16.2. The Hall–Kier alpha value is -3.35.